The molecule has 0 aliphatic rings. The normalized spacial score (nSPS) is 12.0. The van der Waals surface area contributed by atoms with Crippen molar-refractivity contribution in [1.29, 1.82) is 0 Å². The summed E-state index contributed by atoms with van der Waals surface area (Å²) in [5, 5.41) is 0. The Hall–Kier alpha value is -2.68. The second-order valence-corrected chi connectivity index (χ2v) is 5.08. The molecule has 0 radical (unpaired) electrons. The monoisotopic (exact) mass is 308 g/mol. The molecular formula is C20H20O3. The molecule has 2 aromatic carbocycles. The maximum absolute atomic E-state index is 12.6. The third-order valence-corrected chi connectivity index (χ3v) is 3.43. The van der Waals surface area contributed by atoms with Crippen molar-refractivity contribution < 1.29 is 14.3 Å². The van der Waals surface area contributed by atoms with Gasteiger partial charge in [0.25, 0.3) is 0 Å². The number of carbonyl (C=O) groups is 2. The Morgan fingerprint density at radius 1 is 1.00 bits per heavy atom. The number of hydrogen-bond donors (Lipinski definition) is 0. The molecule has 1 atom stereocenters. The molecule has 0 amide bonds. The lowest BCUT2D eigenvalue weighted by atomic mass is 9.94. The third kappa shape index (κ3) is 4.92. The number of allylic oxidation sites excluding steroid dienone is 1. The highest BCUT2D eigenvalue weighted by molar-refractivity contribution is 6.08. The van der Waals surface area contributed by atoms with E-state index < -0.39 is 11.9 Å². The molecular weight excluding hydrogens is 288 g/mol. The van der Waals surface area contributed by atoms with Crippen molar-refractivity contribution in [3.63, 3.8) is 0 Å². The Labute approximate surface area is 136 Å². The van der Waals surface area contributed by atoms with E-state index in [4.69, 9.17) is 4.74 Å². The number of benzene rings is 2. The summed E-state index contributed by atoms with van der Waals surface area (Å²) in [6, 6.07) is 18.6. The Morgan fingerprint density at radius 3 is 2.22 bits per heavy atom. The van der Waals surface area contributed by atoms with Crippen LogP contribution in [0.4, 0.5) is 0 Å². The Kier molecular flexibility index (Phi) is 6.30. The predicted molar refractivity (Wildman–Crippen MR) is 91.0 cm³/mol. The van der Waals surface area contributed by atoms with Gasteiger partial charge in [-0.2, -0.15) is 0 Å². The van der Waals surface area contributed by atoms with Gasteiger partial charge in [0.1, 0.15) is 5.92 Å². The smallest absolute Gasteiger partial charge is 0.317 e. The Morgan fingerprint density at radius 2 is 1.61 bits per heavy atom. The first-order chi connectivity index (χ1) is 11.2. The van der Waals surface area contributed by atoms with Crippen LogP contribution < -0.4 is 0 Å². The number of Topliss-reactive ketones (excluding diaryl/α,β-unsaturated/α-hetero) is 1. The molecule has 0 fully saturated rings. The maximum atomic E-state index is 12.6. The summed E-state index contributed by atoms with van der Waals surface area (Å²) in [5.74, 6) is -1.49. The maximum Gasteiger partial charge on any atom is 0.317 e. The fraction of sp³-hybridized carbons (Fsp3) is 0.200. The van der Waals surface area contributed by atoms with Crippen LogP contribution >= 0.6 is 0 Å². The number of rotatable bonds is 7. The molecule has 0 aliphatic heterocycles. The molecule has 1 unspecified atom stereocenters. The van der Waals surface area contributed by atoms with E-state index in [1.165, 1.54) is 0 Å². The zero-order valence-corrected chi connectivity index (χ0v) is 13.1. The summed E-state index contributed by atoms with van der Waals surface area (Å²) < 4.78 is 5.06. The van der Waals surface area contributed by atoms with Gasteiger partial charge in [-0.25, -0.2) is 0 Å². The average Bonchev–Trinajstić information content (AvgIpc) is 2.60. The lowest BCUT2D eigenvalue weighted by molar-refractivity contribution is -0.146. The summed E-state index contributed by atoms with van der Waals surface area (Å²) >= 11 is 0. The van der Waals surface area contributed by atoms with Crippen molar-refractivity contribution in [3.05, 3.63) is 77.9 Å². The minimum Gasteiger partial charge on any atom is -0.465 e. The molecule has 0 saturated heterocycles. The largest absolute Gasteiger partial charge is 0.465 e. The van der Waals surface area contributed by atoms with Gasteiger partial charge in [-0.1, -0.05) is 72.8 Å². The first-order valence-electron chi connectivity index (χ1n) is 7.70. The molecule has 0 N–H and O–H groups in total. The minimum atomic E-state index is -0.808. The van der Waals surface area contributed by atoms with Gasteiger partial charge in [0.15, 0.2) is 5.78 Å². The van der Waals surface area contributed by atoms with Gasteiger partial charge in [-0.3, -0.25) is 9.59 Å². The molecule has 118 valence electrons. The molecule has 3 heteroatoms. The standard InChI is InChI=1S/C20H20O3/c1-2-23-20(22)18(19(21)17-13-7-4-8-14-17)15-9-12-16-10-5-3-6-11-16/h3-14,18H,2,15H2,1H3/b12-9+. The van der Waals surface area contributed by atoms with Crippen molar-refractivity contribution in [2.45, 2.75) is 13.3 Å². The van der Waals surface area contributed by atoms with E-state index in [1.807, 2.05) is 48.6 Å². The number of esters is 1. The Bertz CT molecular complexity index is 660. The summed E-state index contributed by atoms with van der Waals surface area (Å²) in [7, 11) is 0. The minimum absolute atomic E-state index is 0.207. The van der Waals surface area contributed by atoms with Gasteiger partial charge in [0.2, 0.25) is 0 Å². The van der Waals surface area contributed by atoms with Crippen molar-refractivity contribution in [3.8, 4) is 0 Å². The third-order valence-electron chi connectivity index (χ3n) is 3.43. The van der Waals surface area contributed by atoms with Gasteiger partial charge in [0.05, 0.1) is 6.61 Å². The fourth-order valence-corrected chi connectivity index (χ4v) is 2.26. The zero-order chi connectivity index (χ0) is 16.5. The van der Waals surface area contributed by atoms with Gasteiger partial charge in [-0.15, -0.1) is 0 Å². The van der Waals surface area contributed by atoms with Crippen LogP contribution in [0.25, 0.3) is 6.08 Å². The summed E-state index contributed by atoms with van der Waals surface area (Å²) in [6.45, 7) is 2.00. The van der Waals surface area contributed by atoms with E-state index in [-0.39, 0.29) is 12.4 Å². The molecule has 0 saturated carbocycles. The van der Waals surface area contributed by atoms with Crippen LogP contribution in [0.1, 0.15) is 29.3 Å². The quantitative estimate of drug-likeness (QED) is 0.438. The highest BCUT2D eigenvalue weighted by atomic mass is 16.5. The summed E-state index contributed by atoms with van der Waals surface area (Å²) in [6.07, 6.45) is 4.07. The van der Waals surface area contributed by atoms with Crippen LogP contribution in [0, 0.1) is 5.92 Å². The number of carbonyl (C=O) groups excluding carboxylic acids is 2. The van der Waals surface area contributed by atoms with Crippen LogP contribution in [0.5, 0.6) is 0 Å². The van der Waals surface area contributed by atoms with Crippen molar-refractivity contribution in [1.82, 2.24) is 0 Å². The van der Waals surface area contributed by atoms with Crippen LogP contribution in [-0.2, 0) is 9.53 Å². The molecule has 0 aromatic heterocycles. The van der Waals surface area contributed by atoms with Gasteiger partial charge >= 0.3 is 5.97 Å². The zero-order valence-electron chi connectivity index (χ0n) is 13.1. The van der Waals surface area contributed by atoms with E-state index in [1.54, 1.807) is 31.2 Å². The molecule has 2 aromatic rings. The predicted octanol–water partition coefficient (Wildman–Crippen LogP) is 4.15. The SMILES string of the molecule is CCOC(=O)C(C/C=C/c1ccccc1)C(=O)c1ccccc1. The second-order valence-electron chi connectivity index (χ2n) is 5.08. The Balaban J connectivity index is 2.13. The summed E-state index contributed by atoms with van der Waals surface area (Å²) in [5.41, 5.74) is 1.56. The van der Waals surface area contributed by atoms with E-state index in [0.717, 1.165) is 5.56 Å². The van der Waals surface area contributed by atoms with E-state index in [2.05, 4.69) is 0 Å². The van der Waals surface area contributed by atoms with Crippen LogP contribution in [0.2, 0.25) is 0 Å². The van der Waals surface area contributed by atoms with E-state index >= 15 is 0 Å². The van der Waals surface area contributed by atoms with Crippen molar-refractivity contribution in [2.24, 2.45) is 5.92 Å². The molecule has 0 spiro atoms. The van der Waals surface area contributed by atoms with Crippen LogP contribution in [0.15, 0.2) is 66.7 Å². The van der Waals surface area contributed by atoms with Crippen molar-refractivity contribution in [2.75, 3.05) is 6.61 Å². The fourth-order valence-electron chi connectivity index (χ4n) is 2.26. The topological polar surface area (TPSA) is 43.4 Å². The van der Waals surface area contributed by atoms with Crippen LogP contribution in [0.3, 0.4) is 0 Å². The van der Waals surface area contributed by atoms with Crippen molar-refractivity contribution >= 4 is 17.8 Å². The number of ketones is 1. The molecule has 0 bridgehead atoms. The average molecular weight is 308 g/mol. The van der Waals surface area contributed by atoms with Gasteiger partial charge in [-0.05, 0) is 18.9 Å². The lowest BCUT2D eigenvalue weighted by Crippen LogP contribution is -2.26. The summed E-state index contributed by atoms with van der Waals surface area (Å²) in [4.78, 5) is 24.7. The lowest BCUT2D eigenvalue weighted by Gasteiger charge is -2.12. The molecule has 3 nitrogen and oxygen atoms in total. The highest BCUT2D eigenvalue weighted by Gasteiger charge is 2.27. The molecule has 23 heavy (non-hydrogen) atoms. The van der Waals surface area contributed by atoms with E-state index in [0.29, 0.717) is 12.0 Å². The number of ether oxygens (including phenoxy) is 1. The molecule has 0 aliphatic carbocycles. The van der Waals surface area contributed by atoms with Gasteiger partial charge < -0.3 is 4.74 Å². The van der Waals surface area contributed by atoms with E-state index in [9.17, 15) is 9.59 Å². The van der Waals surface area contributed by atoms with Crippen LogP contribution in [-0.4, -0.2) is 18.4 Å². The second kappa shape index (κ2) is 8.69. The first-order valence-corrected chi connectivity index (χ1v) is 7.70. The number of hydrogen-bond acceptors (Lipinski definition) is 3. The molecule has 0 heterocycles. The highest BCUT2D eigenvalue weighted by Crippen LogP contribution is 2.16. The first kappa shape index (κ1) is 16.7. The van der Waals surface area contributed by atoms with Gasteiger partial charge in [0, 0.05) is 5.56 Å². The molecule has 2 rings (SSSR count).